The molecule has 23 heavy (non-hydrogen) atoms. The predicted molar refractivity (Wildman–Crippen MR) is 79.6 cm³/mol. The van der Waals surface area contributed by atoms with Gasteiger partial charge in [-0.3, -0.25) is 9.59 Å². The summed E-state index contributed by atoms with van der Waals surface area (Å²) < 4.78 is 16.0. The van der Waals surface area contributed by atoms with Gasteiger partial charge in [0.25, 0.3) is 0 Å². The van der Waals surface area contributed by atoms with E-state index in [4.69, 9.17) is 25.8 Å². The van der Waals surface area contributed by atoms with Crippen LogP contribution < -0.4 is 0 Å². The van der Waals surface area contributed by atoms with Gasteiger partial charge in [-0.15, -0.1) is 11.6 Å². The van der Waals surface area contributed by atoms with Crippen LogP contribution in [0.1, 0.15) is 39.5 Å². The molecule has 0 spiro atoms. The third kappa shape index (κ3) is 3.32. The first-order valence-corrected chi connectivity index (χ1v) is 8.54. The van der Waals surface area contributed by atoms with Gasteiger partial charge in [0.1, 0.15) is 17.6 Å². The minimum absolute atomic E-state index is 0.0696. The van der Waals surface area contributed by atoms with Crippen LogP contribution in [0.2, 0.25) is 0 Å². The summed E-state index contributed by atoms with van der Waals surface area (Å²) in [6.07, 6.45) is 1.43. The second-order valence-electron chi connectivity index (χ2n) is 6.84. The van der Waals surface area contributed by atoms with Gasteiger partial charge in [0, 0.05) is 5.92 Å². The number of esters is 3. The third-order valence-electron chi connectivity index (χ3n) is 5.04. The Bertz CT molecular complexity index is 519. The molecule has 7 unspecified atom stereocenters. The van der Waals surface area contributed by atoms with Crippen LogP contribution >= 0.6 is 11.6 Å². The number of rotatable bonds is 4. The van der Waals surface area contributed by atoms with Crippen LogP contribution in [0.15, 0.2) is 0 Å². The first-order valence-electron chi connectivity index (χ1n) is 8.10. The molecule has 0 aromatic carbocycles. The van der Waals surface area contributed by atoms with Crippen molar-refractivity contribution in [2.75, 3.05) is 0 Å². The van der Waals surface area contributed by atoms with Gasteiger partial charge < -0.3 is 14.2 Å². The van der Waals surface area contributed by atoms with Crippen molar-refractivity contribution in [3.63, 3.8) is 0 Å². The summed E-state index contributed by atoms with van der Waals surface area (Å²) in [4.78, 5) is 35.7. The Balaban J connectivity index is 1.64. The van der Waals surface area contributed by atoms with Crippen molar-refractivity contribution in [1.82, 2.24) is 0 Å². The molecule has 2 saturated heterocycles. The van der Waals surface area contributed by atoms with Gasteiger partial charge in [0.05, 0.1) is 5.92 Å². The molecule has 2 aliphatic heterocycles. The van der Waals surface area contributed by atoms with Crippen LogP contribution in [-0.2, 0) is 28.6 Å². The van der Waals surface area contributed by atoms with Crippen LogP contribution in [0, 0.1) is 17.8 Å². The van der Waals surface area contributed by atoms with Crippen LogP contribution in [0.4, 0.5) is 0 Å². The van der Waals surface area contributed by atoms with Crippen molar-refractivity contribution in [2.45, 2.75) is 63.2 Å². The number of hydrogen-bond donors (Lipinski definition) is 0. The molecule has 4 fully saturated rings. The quantitative estimate of drug-likeness (QED) is 0.440. The van der Waals surface area contributed by atoms with Crippen molar-refractivity contribution < 1.29 is 28.6 Å². The van der Waals surface area contributed by atoms with E-state index in [1.807, 2.05) is 0 Å². The minimum atomic E-state index is -1.03. The van der Waals surface area contributed by atoms with E-state index in [-0.39, 0.29) is 23.9 Å². The normalized spacial score (nSPS) is 37.5. The Kier molecular flexibility index (Phi) is 4.54. The molecular weight excluding hydrogens is 324 g/mol. The average molecular weight is 345 g/mol. The summed E-state index contributed by atoms with van der Waals surface area (Å²) >= 11 is 5.62. The molecule has 0 amide bonds. The number of fused-ring (bicyclic) bond motifs is 1. The van der Waals surface area contributed by atoms with E-state index in [0.717, 1.165) is 19.3 Å². The number of carbonyl (C=O) groups is 3. The highest BCUT2D eigenvalue weighted by atomic mass is 35.5. The molecule has 4 aliphatic rings. The molecule has 0 aromatic heterocycles. The van der Waals surface area contributed by atoms with E-state index in [9.17, 15) is 14.4 Å². The summed E-state index contributed by atoms with van der Waals surface area (Å²) in [7, 11) is 0. The zero-order valence-corrected chi connectivity index (χ0v) is 14.0. The third-order valence-corrected chi connectivity index (χ3v) is 5.22. The number of hydrogen-bond acceptors (Lipinski definition) is 6. The van der Waals surface area contributed by atoms with Crippen LogP contribution in [0.5, 0.6) is 0 Å². The molecule has 4 rings (SSSR count). The van der Waals surface area contributed by atoms with Crippen molar-refractivity contribution in [2.24, 2.45) is 17.8 Å². The number of carbonyl (C=O) groups excluding carboxylic acids is 3. The standard InChI is InChI=1S/C16H21ClO6/c1-7(17)14(18)21-8(2)15(19)23-13-10-3-9-4-11(6-10)16(20)22-12(13)5-9/h7-13H,3-6H2,1-2H3. The van der Waals surface area contributed by atoms with E-state index < -0.39 is 29.5 Å². The molecule has 2 heterocycles. The predicted octanol–water partition coefficient (Wildman–Crippen LogP) is 1.82. The van der Waals surface area contributed by atoms with Crippen molar-refractivity contribution >= 4 is 29.5 Å². The van der Waals surface area contributed by atoms with Crippen LogP contribution in [0.3, 0.4) is 0 Å². The Labute approximate surface area is 139 Å². The molecule has 2 saturated carbocycles. The largest absolute Gasteiger partial charge is 0.458 e. The first-order chi connectivity index (χ1) is 10.8. The molecule has 7 atom stereocenters. The second-order valence-corrected chi connectivity index (χ2v) is 7.49. The van der Waals surface area contributed by atoms with Crippen LogP contribution in [-0.4, -0.2) is 41.6 Å². The summed E-state index contributed by atoms with van der Waals surface area (Å²) in [5.41, 5.74) is 0. The number of alkyl halides is 1. The van der Waals surface area contributed by atoms with Crippen molar-refractivity contribution in [3.8, 4) is 0 Å². The van der Waals surface area contributed by atoms with Gasteiger partial charge in [0.2, 0.25) is 0 Å². The minimum Gasteiger partial charge on any atom is -0.458 e. The van der Waals surface area contributed by atoms with Crippen molar-refractivity contribution in [3.05, 3.63) is 0 Å². The monoisotopic (exact) mass is 344 g/mol. The zero-order chi connectivity index (χ0) is 16.7. The molecular formula is C16H21ClO6. The van der Waals surface area contributed by atoms with E-state index in [1.165, 1.54) is 13.8 Å². The Morgan fingerprint density at radius 1 is 1.17 bits per heavy atom. The van der Waals surface area contributed by atoms with Crippen LogP contribution in [0.25, 0.3) is 0 Å². The molecule has 0 N–H and O–H groups in total. The van der Waals surface area contributed by atoms with Gasteiger partial charge in [0.15, 0.2) is 6.10 Å². The van der Waals surface area contributed by atoms with Gasteiger partial charge in [-0.25, -0.2) is 4.79 Å². The van der Waals surface area contributed by atoms with Gasteiger partial charge in [-0.2, -0.15) is 0 Å². The van der Waals surface area contributed by atoms with Gasteiger partial charge in [-0.1, -0.05) is 0 Å². The highest BCUT2D eigenvalue weighted by molar-refractivity contribution is 6.29. The summed E-state index contributed by atoms with van der Waals surface area (Å²) in [6, 6.07) is 0. The Morgan fingerprint density at radius 3 is 2.61 bits per heavy atom. The fourth-order valence-corrected chi connectivity index (χ4v) is 4.03. The van der Waals surface area contributed by atoms with E-state index in [2.05, 4.69) is 0 Å². The average Bonchev–Trinajstić information content (AvgIpc) is 2.64. The lowest BCUT2D eigenvalue weighted by atomic mass is 9.67. The highest BCUT2D eigenvalue weighted by Crippen LogP contribution is 2.48. The molecule has 0 aromatic rings. The summed E-state index contributed by atoms with van der Waals surface area (Å²) in [5.74, 6) is -0.912. The highest BCUT2D eigenvalue weighted by Gasteiger charge is 2.52. The second kappa shape index (κ2) is 6.30. The summed E-state index contributed by atoms with van der Waals surface area (Å²) in [5, 5.41) is -0.824. The maximum atomic E-state index is 12.2. The molecule has 2 aliphatic carbocycles. The lowest BCUT2D eigenvalue weighted by Gasteiger charge is -2.41. The molecule has 7 heteroatoms. The van der Waals surface area contributed by atoms with Gasteiger partial charge >= 0.3 is 17.9 Å². The molecule has 0 radical (unpaired) electrons. The molecule has 4 bridgehead atoms. The maximum absolute atomic E-state index is 12.2. The van der Waals surface area contributed by atoms with E-state index in [0.29, 0.717) is 12.3 Å². The van der Waals surface area contributed by atoms with E-state index >= 15 is 0 Å². The fourth-order valence-electron chi connectivity index (χ4n) is 3.98. The molecule has 6 nitrogen and oxygen atoms in total. The lowest BCUT2D eigenvalue weighted by molar-refractivity contribution is -0.184. The topological polar surface area (TPSA) is 78.9 Å². The first kappa shape index (κ1) is 16.6. The fraction of sp³-hybridized carbons (Fsp3) is 0.812. The van der Waals surface area contributed by atoms with E-state index in [1.54, 1.807) is 0 Å². The Hall–Kier alpha value is -1.30. The van der Waals surface area contributed by atoms with Gasteiger partial charge in [-0.05, 0) is 45.4 Å². The SMILES string of the molecule is CC(Cl)C(=O)OC(C)C(=O)OC1C2CC3CC(C2)C(=O)OC1C3. The zero-order valence-electron chi connectivity index (χ0n) is 13.2. The Morgan fingerprint density at radius 2 is 1.91 bits per heavy atom. The molecule has 128 valence electrons. The number of ether oxygens (including phenoxy) is 3. The van der Waals surface area contributed by atoms with Crippen molar-refractivity contribution in [1.29, 1.82) is 0 Å². The maximum Gasteiger partial charge on any atom is 0.347 e. The lowest BCUT2D eigenvalue weighted by Crippen LogP contribution is -2.46. The summed E-state index contributed by atoms with van der Waals surface area (Å²) in [6.45, 7) is 2.93. The number of halogens is 1. The smallest absolute Gasteiger partial charge is 0.347 e.